The molecule has 3 fully saturated rings. The highest BCUT2D eigenvalue weighted by Crippen LogP contribution is 2.66. The number of fused-ring (bicyclic) bond motifs is 3. The number of phenolic OH excluding ortho intramolecular Hbond substituents is 1. The van der Waals surface area contributed by atoms with Gasteiger partial charge in [0, 0.05) is 30.0 Å². The zero-order valence-electron chi connectivity index (χ0n) is 40.5. The molecule has 1 spiro atoms. The number of aromatic hydroxyl groups is 1. The van der Waals surface area contributed by atoms with Crippen LogP contribution in [-0.4, -0.2) is 85.3 Å². The van der Waals surface area contributed by atoms with Crippen molar-refractivity contribution in [2.24, 2.45) is 11.8 Å². The number of carbonyl (C=O) groups excluding carboxylic acids is 5. The van der Waals surface area contributed by atoms with Crippen LogP contribution in [0.5, 0.6) is 5.75 Å². The average Bonchev–Trinajstić information content (AvgIpc) is 3.87. The van der Waals surface area contributed by atoms with E-state index >= 15 is 19.2 Å². The van der Waals surface area contributed by atoms with Crippen LogP contribution in [0.15, 0.2) is 139 Å². The molecule has 0 unspecified atom stereocenters. The number of imide groups is 1. The molecule has 368 valence electrons. The molecule has 5 aromatic rings. The van der Waals surface area contributed by atoms with Crippen molar-refractivity contribution in [3.8, 4) is 17.6 Å². The van der Waals surface area contributed by atoms with Crippen LogP contribution in [0.3, 0.4) is 0 Å². The summed E-state index contributed by atoms with van der Waals surface area (Å²) in [5, 5.41) is 16.7. The topological polar surface area (TPSA) is 167 Å². The highest BCUT2D eigenvalue weighted by molar-refractivity contribution is 6.25. The summed E-state index contributed by atoms with van der Waals surface area (Å²) >= 11 is 0. The molecule has 4 aliphatic heterocycles. The number of amides is 4. The Morgan fingerprint density at radius 2 is 1.50 bits per heavy atom. The Balaban J connectivity index is 1.23. The van der Waals surface area contributed by atoms with E-state index in [0.29, 0.717) is 48.7 Å². The van der Waals surface area contributed by atoms with Gasteiger partial charge in [0.05, 0.1) is 44.0 Å². The van der Waals surface area contributed by atoms with Crippen LogP contribution in [0.4, 0.5) is 21.9 Å². The summed E-state index contributed by atoms with van der Waals surface area (Å²) in [6.45, 7) is 6.08. The molecule has 0 radical (unpaired) electrons. The molecule has 4 amide bonds. The number of esters is 2. The number of urea groups is 1. The fourth-order valence-corrected chi connectivity index (χ4v) is 11.4. The summed E-state index contributed by atoms with van der Waals surface area (Å²) < 4.78 is 17.3. The molecule has 3 saturated heterocycles. The molecule has 5 aromatic carbocycles. The fourth-order valence-electron chi connectivity index (χ4n) is 11.4. The zero-order valence-corrected chi connectivity index (χ0v) is 40.5. The minimum atomic E-state index is -2.09. The van der Waals surface area contributed by atoms with Gasteiger partial charge in [0.2, 0.25) is 11.8 Å². The van der Waals surface area contributed by atoms with Crippen molar-refractivity contribution in [2.45, 2.75) is 75.2 Å². The van der Waals surface area contributed by atoms with Crippen molar-refractivity contribution in [1.29, 1.82) is 0 Å². The Hall–Kier alpha value is -7.73. The number of morpholine rings is 2. The van der Waals surface area contributed by atoms with Crippen LogP contribution in [-0.2, 0) is 38.8 Å². The highest BCUT2D eigenvalue weighted by Gasteiger charge is 2.75. The normalized spacial score (nSPS) is 24.1. The van der Waals surface area contributed by atoms with Gasteiger partial charge in [-0.25, -0.2) is 14.5 Å². The van der Waals surface area contributed by atoms with Gasteiger partial charge < -0.3 is 34.9 Å². The van der Waals surface area contributed by atoms with Gasteiger partial charge in [-0.05, 0) is 114 Å². The van der Waals surface area contributed by atoms with Gasteiger partial charge in [0.15, 0.2) is 0 Å². The monoisotopic (exact) mass is 967 g/mol. The maximum absolute atomic E-state index is 16.7. The van der Waals surface area contributed by atoms with E-state index in [9.17, 15) is 9.90 Å². The number of benzene rings is 5. The van der Waals surface area contributed by atoms with Crippen LogP contribution < -0.4 is 20.4 Å². The van der Waals surface area contributed by atoms with Crippen molar-refractivity contribution in [3.63, 3.8) is 0 Å². The van der Waals surface area contributed by atoms with Gasteiger partial charge in [-0.3, -0.25) is 19.3 Å². The number of nitrogens with zero attached hydrogens (tertiary/aromatic N) is 3. The van der Waals surface area contributed by atoms with E-state index in [2.05, 4.69) is 33.5 Å². The fraction of sp³-hybridized carbons (Fsp3) is 0.328. The number of cyclic esters (lactones) is 1. The number of allylic oxidation sites excluding steroid dienone is 2. The molecular weight excluding hydrogens is 911 g/mol. The van der Waals surface area contributed by atoms with Crippen molar-refractivity contribution in [1.82, 2.24) is 10.2 Å². The third kappa shape index (κ3) is 8.66. The number of methoxy groups -OCH3 is 1. The van der Waals surface area contributed by atoms with Crippen molar-refractivity contribution in [3.05, 3.63) is 167 Å². The number of phenols is 1. The first-order chi connectivity index (χ1) is 35.0. The first-order valence-electron chi connectivity index (χ1n) is 24.7. The van der Waals surface area contributed by atoms with Crippen LogP contribution in [0.2, 0.25) is 0 Å². The summed E-state index contributed by atoms with van der Waals surface area (Å²) in [4.78, 5) is 81.8. The second-order valence-electron chi connectivity index (χ2n) is 19.3. The quantitative estimate of drug-likeness (QED) is 0.0961. The molecule has 5 aliphatic rings. The number of nitrogens with one attached hydrogen (secondary N) is 2. The number of ether oxygens (including phenoxy) is 3. The lowest BCUT2D eigenvalue weighted by molar-refractivity contribution is -0.177. The largest absolute Gasteiger partial charge is 0.508 e. The Bertz CT molecular complexity index is 2960. The summed E-state index contributed by atoms with van der Waals surface area (Å²) in [6.07, 6.45) is 5.03. The first kappa shape index (κ1) is 47.9. The third-order valence-electron chi connectivity index (χ3n) is 14.7. The molecule has 14 nitrogen and oxygen atoms in total. The third-order valence-corrected chi connectivity index (χ3v) is 14.7. The smallest absolute Gasteiger partial charge is 0.329 e. The van der Waals surface area contributed by atoms with Crippen molar-refractivity contribution >= 4 is 46.8 Å². The predicted octanol–water partition coefficient (Wildman–Crippen LogP) is 8.29. The minimum absolute atomic E-state index is 0.0479. The van der Waals surface area contributed by atoms with E-state index in [-0.39, 0.29) is 17.0 Å². The first-order valence-corrected chi connectivity index (χ1v) is 24.7. The number of anilines is 3. The van der Waals surface area contributed by atoms with E-state index < -0.39 is 77.3 Å². The van der Waals surface area contributed by atoms with E-state index in [1.807, 2.05) is 77.7 Å². The van der Waals surface area contributed by atoms with Crippen LogP contribution in [0.25, 0.3) is 0 Å². The molecule has 0 aromatic heterocycles. The zero-order chi connectivity index (χ0) is 50.1. The molecule has 4 heterocycles. The van der Waals surface area contributed by atoms with Gasteiger partial charge in [0.1, 0.15) is 29.4 Å². The summed E-state index contributed by atoms with van der Waals surface area (Å²) in [5.74, 6) is 1.65. The molecule has 1 aliphatic carbocycles. The van der Waals surface area contributed by atoms with Crippen molar-refractivity contribution in [2.75, 3.05) is 48.5 Å². The second kappa shape index (κ2) is 20.2. The van der Waals surface area contributed by atoms with Crippen molar-refractivity contribution < 1.29 is 43.3 Å². The summed E-state index contributed by atoms with van der Waals surface area (Å²) in [7, 11) is 1.22. The minimum Gasteiger partial charge on any atom is -0.508 e. The highest BCUT2D eigenvalue weighted by atomic mass is 16.6. The Labute approximate surface area is 418 Å². The number of hydrogen-bond donors (Lipinski definition) is 3. The predicted molar refractivity (Wildman–Crippen MR) is 271 cm³/mol. The Kier molecular flexibility index (Phi) is 13.4. The lowest BCUT2D eigenvalue weighted by Crippen LogP contribution is -2.57. The van der Waals surface area contributed by atoms with E-state index in [1.165, 1.54) is 19.2 Å². The lowest BCUT2D eigenvalue weighted by atomic mass is 9.65. The SMILES string of the molecule is COC(=O)[C@@H](NC(=O)N1C(=O)[C@@]2(c3cc(C#CC4=CCCCC4)ccc31)[C@H](C(=O)Nc1ccc(N3CCOCC3)cc1)[C@H]1C(=O)O[C@H](c3ccccc3)[C@H](c3ccccc3)N1[C@@H]2c1ccc(O)cc1)C(C)C. The molecule has 0 saturated carbocycles. The molecule has 3 N–H and O–H groups in total. The maximum atomic E-state index is 16.7. The van der Waals surface area contributed by atoms with Gasteiger partial charge in [-0.15, -0.1) is 0 Å². The summed E-state index contributed by atoms with van der Waals surface area (Å²) in [5.41, 5.74) is 3.08. The molecule has 0 bridgehead atoms. The maximum Gasteiger partial charge on any atom is 0.329 e. The van der Waals surface area contributed by atoms with Crippen LogP contribution in [0.1, 0.15) is 85.5 Å². The molecule has 10 rings (SSSR count). The molecule has 14 heteroatoms. The van der Waals surface area contributed by atoms with E-state index in [0.717, 1.165) is 47.4 Å². The Morgan fingerprint density at radius 1 is 0.806 bits per heavy atom. The average molecular weight is 968 g/mol. The van der Waals surface area contributed by atoms with Crippen LogP contribution >= 0.6 is 0 Å². The summed E-state index contributed by atoms with van der Waals surface area (Å²) in [6, 6.07) is 32.2. The Morgan fingerprint density at radius 3 is 2.15 bits per heavy atom. The number of hydrogen-bond acceptors (Lipinski definition) is 11. The molecule has 72 heavy (non-hydrogen) atoms. The van der Waals surface area contributed by atoms with Crippen LogP contribution in [0, 0.1) is 23.7 Å². The standard InChI is InChI=1S/C58H57N5O9/c1-36(2)48(54(66)70-3)60-57(69)62-46-30-21-38(20-19-37-13-7-4-8-14-37)35-45(46)58(56(62)68)47(53(65)59-42-24-26-43(27-25-42)61-31-33-71-34-32-61)50-55(67)72-51(40-17-11-6-12-18-40)49(39-15-9-5-10-16-39)63(50)52(58)41-22-28-44(64)29-23-41/h5-6,9-13,15-18,21-30,35-36,47-52,64H,4,7-8,14,31-34H2,1-3H3,(H,59,65)(H,60,69)/t47-,48-,49-,50-,51+,52+,58-/m0/s1. The van der Waals surface area contributed by atoms with Gasteiger partial charge in [0.25, 0.3) is 0 Å². The lowest BCUT2D eigenvalue weighted by Gasteiger charge is -2.46. The second-order valence-corrected chi connectivity index (χ2v) is 19.3. The van der Waals surface area contributed by atoms with E-state index in [4.69, 9.17) is 14.2 Å². The number of rotatable bonds is 9. The molecule has 7 atom stereocenters. The number of carbonyl (C=O) groups is 5. The van der Waals surface area contributed by atoms with Gasteiger partial charge in [-0.2, -0.15) is 0 Å². The molecular formula is C58H57N5O9. The van der Waals surface area contributed by atoms with Gasteiger partial charge >= 0.3 is 18.0 Å². The van der Waals surface area contributed by atoms with Gasteiger partial charge in [-0.1, -0.05) is 105 Å². The van der Waals surface area contributed by atoms with E-state index in [1.54, 1.807) is 56.3 Å².